The SMILES string of the molecule is COc1c(C(C)CN)cccc1C(F)(F)F. The van der Waals surface area contributed by atoms with E-state index < -0.39 is 11.7 Å². The summed E-state index contributed by atoms with van der Waals surface area (Å²) in [5, 5.41) is 0. The molecule has 16 heavy (non-hydrogen) atoms. The van der Waals surface area contributed by atoms with Gasteiger partial charge in [0.25, 0.3) is 0 Å². The van der Waals surface area contributed by atoms with Crippen LogP contribution in [0, 0.1) is 0 Å². The van der Waals surface area contributed by atoms with Gasteiger partial charge in [-0.15, -0.1) is 0 Å². The highest BCUT2D eigenvalue weighted by Gasteiger charge is 2.35. The molecule has 0 heterocycles. The molecule has 0 radical (unpaired) electrons. The van der Waals surface area contributed by atoms with Gasteiger partial charge in [-0.2, -0.15) is 13.2 Å². The number of nitrogens with two attached hydrogens (primary N) is 1. The average molecular weight is 233 g/mol. The van der Waals surface area contributed by atoms with Crippen molar-refractivity contribution in [3.63, 3.8) is 0 Å². The molecule has 1 unspecified atom stereocenters. The summed E-state index contributed by atoms with van der Waals surface area (Å²) in [4.78, 5) is 0. The highest BCUT2D eigenvalue weighted by Crippen LogP contribution is 2.39. The Labute approximate surface area is 92.2 Å². The third-order valence-corrected chi connectivity index (χ3v) is 2.44. The summed E-state index contributed by atoms with van der Waals surface area (Å²) in [6.45, 7) is 2.04. The lowest BCUT2D eigenvalue weighted by atomic mass is 9.97. The molecule has 0 amide bonds. The van der Waals surface area contributed by atoms with E-state index in [1.165, 1.54) is 13.2 Å². The first kappa shape index (κ1) is 12.8. The minimum Gasteiger partial charge on any atom is -0.496 e. The van der Waals surface area contributed by atoms with E-state index in [2.05, 4.69) is 0 Å². The summed E-state index contributed by atoms with van der Waals surface area (Å²) in [6.07, 6.45) is -4.41. The topological polar surface area (TPSA) is 35.2 Å². The van der Waals surface area contributed by atoms with Crippen LogP contribution in [-0.4, -0.2) is 13.7 Å². The number of alkyl halides is 3. The molecule has 0 saturated carbocycles. The monoisotopic (exact) mass is 233 g/mol. The molecule has 0 aliphatic rings. The minimum atomic E-state index is -4.41. The molecule has 0 bridgehead atoms. The van der Waals surface area contributed by atoms with E-state index in [1.807, 2.05) is 0 Å². The molecule has 1 atom stereocenters. The van der Waals surface area contributed by atoms with Crippen molar-refractivity contribution in [2.45, 2.75) is 19.0 Å². The first-order valence-electron chi connectivity index (χ1n) is 4.86. The number of hydrogen-bond donors (Lipinski definition) is 1. The summed E-state index contributed by atoms with van der Waals surface area (Å²) < 4.78 is 42.9. The Hall–Kier alpha value is -1.23. The smallest absolute Gasteiger partial charge is 0.419 e. The van der Waals surface area contributed by atoms with Crippen LogP contribution in [-0.2, 0) is 6.18 Å². The van der Waals surface area contributed by atoms with Gasteiger partial charge in [0.1, 0.15) is 5.75 Å². The molecule has 1 rings (SSSR count). The first-order chi connectivity index (χ1) is 7.41. The average Bonchev–Trinajstić information content (AvgIpc) is 2.25. The van der Waals surface area contributed by atoms with Crippen LogP contribution in [0.2, 0.25) is 0 Å². The molecular formula is C11H14F3NO. The molecule has 0 spiro atoms. The molecular weight excluding hydrogens is 219 g/mol. The zero-order valence-corrected chi connectivity index (χ0v) is 9.14. The van der Waals surface area contributed by atoms with Crippen molar-refractivity contribution in [1.82, 2.24) is 0 Å². The number of para-hydroxylation sites is 1. The van der Waals surface area contributed by atoms with Crippen LogP contribution in [0.3, 0.4) is 0 Å². The van der Waals surface area contributed by atoms with Gasteiger partial charge in [0.2, 0.25) is 0 Å². The van der Waals surface area contributed by atoms with E-state index in [1.54, 1.807) is 13.0 Å². The van der Waals surface area contributed by atoms with Gasteiger partial charge in [0.05, 0.1) is 12.7 Å². The maximum absolute atomic E-state index is 12.7. The van der Waals surface area contributed by atoms with Crippen LogP contribution in [0.5, 0.6) is 5.75 Å². The van der Waals surface area contributed by atoms with Gasteiger partial charge in [-0.05, 0) is 24.1 Å². The Morgan fingerprint density at radius 3 is 2.44 bits per heavy atom. The number of benzene rings is 1. The third-order valence-electron chi connectivity index (χ3n) is 2.44. The van der Waals surface area contributed by atoms with E-state index in [0.29, 0.717) is 5.56 Å². The van der Waals surface area contributed by atoms with E-state index in [-0.39, 0.29) is 18.2 Å². The van der Waals surface area contributed by atoms with E-state index in [4.69, 9.17) is 10.5 Å². The van der Waals surface area contributed by atoms with Gasteiger partial charge in [-0.25, -0.2) is 0 Å². The maximum Gasteiger partial charge on any atom is 0.419 e. The van der Waals surface area contributed by atoms with Gasteiger partial charge in [0.15, 0.2) is 0 Å². The number of hydrogen-bond acceptors (Lipinski definition) is 2. The molecule has 0 saturated heterocycles. The van der Waals surface area contributed by atoms with Crippen LogP contribution in [0.25, 0.3) is 0 Å². The lowest BCUT2D eigenvalue weighted by molar-refractivity contribution is -0.138. The number of methoxy groups -OCH3 is 1. The maximum atomic E-state index is 12.7. The Kier molecular flexibility index (Phi) is 3.80. The quantitative estimate of drug-likeness (QED) is 0.871. The molecule has 0 fully saturated rings. The summed E-state index contributed by atoms with van der Waals surface area (Å²) in [5.74, 6) is -0.301. The third kappa shape index (κ3) is 2.47. The van der Waals surface area contributed by atoms with Crippen molar-refractivity contribution in [2.24, 2.45) is 5.73 Å². The van der Waals surface area contributed by atoms with Crippen molar-refractivity contribution < 1.29 is 17.9 Å². The van der Waals surface area contributed by atoms with Crippen molar-refractivity contribution in [3.05, 3.63) is 29.3 Å². The Morgan fingerprint density at radius 1 is 1.38 bits per heavy atom. The molecule has 5 heteroatoms. The van der Waals surface area contributed by atoms with Crippen molar-refractivity contribution in [3.8, 4) is 5.75 Å². The summed E-state index contributed by atoms with van der Waals surface area (Å²) in [5.41, 5.74) is 5.18. The lowest BCUT2D eigenvalue weighted by Crippen LogP contribution is -2.14. The Bertz CT molecular complexity index is 363. The van der Waals surface area contributed by atoms with Crippen LogP contribution in [0.1, 0.15) is 24.0 Å². The zero-order valence-electron chi connectivity index (χ0n) is 9.14. The molecule has 90 valence electrons. The predicted octanol–water partition coefficient (Wildman–Crippen LogP) is 2.78. The van der Waals surface area contributed by atoms with E-state index in [0.717, 1.165) is 6.07 Å². The molecule has 0 aliphatic heterocycles. The van der Waals surface area contributed by atoms with Crippen LogP contribution in [0.15, 0.2) is 18.2 Å². The first-order valence-corrected chi connectivity index (χ1v) is 4.86. The predicted molar refractivity (Wildman–Crippen MR) is 55.5 cm³/mol. The van der Waals surface area contributed by atoms with Crippen LogP contribution in [0.4, 0.5) is 13.2 Å². The molecule has 0 aromatic heterocycles. The molecule has 1 aromatic rings. The Balaban J connectivity index is 3.32. The lowest BCUT2D eigenvalue weighted by Gasteiger charge is -2.18. The Morgan fingerprint density at radius 2 is 2.00 bits per heavy atom. The minimum absolute atomic E-state index is 0.132. The van der Waals surface area contributed by atoms with Gasteiger partial charge in [0, 0.05) is 0 Å². The van der Waals surface area contributed by atoms with Gasteiger partial charge >= 0.3 is 6.18 Å². The summed E-state index contributed by atoms with van der Waals surface area (Å²) >= 11 is 0. The van der Waals surface area contributed by atoms with Gasteiger partial charge in [-0.3, -0.25) is 0 Å². The van der Waals surface area contributed by atoms with Gasteiger partial charge < -0.3 is 10.5 Å². The second-order valence-corrected chi connectivity index (χ2v) is 3.56. The number of ether oxygens (including phenoxy) is 1. The summed E-state index contributed by atoms with van der Waals surface area (Å²) in [7, 11) is 1.23. The highest BCUT2D eigenvalue weighted by atomic mass is 19.4. The van der Waals surface area contributed by atoms with Crippen molar-refractivity contribution in [1.29, 1.82) is 0 Å². The molecule has 0 aliphatic carbocycles. The molecule has 2 N–H and O–H groups in total. The van der Waals surface area contributed by atoms with E-state index >= 15 is 0 Å². The molecule has 1 aromatic carbocycles. The molecule has 2 nitrogen and oxygen atoms in total. The number of halogens is 3. The fourth-order valence-electron chi connectivity index (χ4n) is 1.52. The van der Waals surface area contributed by atoms with Gasteiger partial charge in [-0.1, -0.05) is 19.1 Å². The standard InChI is InChI=1S/C11H14F3NO/c1-7(6-15)8-4-3-5-9(10(8)16-2)11(12,13)14/h3-5,7H,6,15H2,1-2H3. The highest BCUT2D eigenvalue weighted by molar-refractivity contribution is 5.45. The second kappa shape index (κ2) is 4.74. The van der Waals surface area contributed by atoms with Crippen molar-refractivity contribution in [2.75, 3.05) is 13.7 Å². The van der Waals surface area contributed by atoms with Crippen LogP contribution >= 0.6 is 0 Å². The van der Waals surface area contributed by atoms with E-state index in [9.17, 15) is 13.2 Å². The largest absolute Gasteiger partial charge is 0.496 e. The number of rotatable bonds is 3. The van der Waals surface area contributed by atoms with Crippen molar-refractivity contribution >= 4 is 0 Å². The zero-order chi connectivity index (χ0) is 12.3. The summed E-state index contributed by atoms with van der Waals surface area (Å²) in [6, 6.07) is 3.98. The fraction of sp³-hybridized carbons (Fsp3) is 0.455. The second-order valence-electron chi connectivity index (χ2n) is 3.56. The van der Waals surface area contributed by atoms with Crippen LogP contribution < -0.4 is 10.5 Å². The normalized spacial score (nSPS) is 13.6. The fourth-order valence-corrected chi connectivity index (χ4v) is 1.52.